The van der Waals surface area contributed by atoms with Gasteiger partial charge in [-0.15, -0.1) is 0 Å². The summed E-state index contributed by atoms with van der Waals surface area (Å²) in [6.07, 6.45) is -2.76. The van der Waals surface area contributed by atoms with Crippen LogP contribution in [0.5, 0.6) is 0 Å². The van der Waals surface area contributed by atoms with E-state index in [9.17, 15) is 21.6 Å². The molecule has 0 heterocycles. The van der Waals surface area contributed by atoms with Crippen molar-refractivity contribution < 1.29 is 21.6 Å². The van der Waals surface area contributed by atoms with Crippen LogP contribution in [0.15, 0.2) is 29.2 Å². The molecule has 1 rings (SSSR count). The lowest BCUT2D eigenvalue weighted by Crippen LogP contribution is -2.28. The second kappa shape index (κ2) is 4.63. The largest absolute Gasteiger partial charge is 0.251 e. The van der Waals surface area contributed by atoms with Gasteiger partial charge in [-0.1, -0.05) is 0 Å². The van der Waals surface area contributed by atoms with Crippen LogP contribution in [0.2, 0.25) is 0 Å². The SMILES string of the molecule is O=S(=O)(NCC(F)F)c1ccc(F)cc1. The topological polar surface area (TPSA) is 46.2 Å². The van der Waals surface area contributed by atoms with Gasteiger partial charge in [-0.25, -0.2) is 26.3 Å². The first kappa shape index (κ1) is 12.0. The van der Waals surface area contributed by atoms with Crippen LogP contribution in [0.3, 0.4) is 0 Å². The molecule has 0 aliphatic carbocycles. The number of halogens is 3. The Labute approximate surface area is 85.0 Å². The Morgan fingerprint density at radius 2 is 1.73 bits per heavy atom. The molecule has 0 aliphatic rings. The van der Waals surface area contributed by atoms with Crippen LogP contribution >= 0.6 is 0 Å². The van der Waals surface area contributed by atoms with E-state index in [1.54, 1.807) is 4.72 Å². The molecular formula is C8H8F3NO2S. The molecule has 0 unspecified atom stereocenters. The molecule has 0 saturated heterocycles. The number of sulfonamides is 1. The summed E-state index contributed by atoms with van der Waals surface area (Å²) in [5.41, 5.74) is 0. The van der Waals surface area contributed by atoms with Gasteiger partial charge in [0.15, 0.2) is 0 Å². The van der Waals surface area contributed by atoms with E-state index in [0.29, 0.717) is 0 Å². The van der Waals surface area contributed by atoms with E-state index in [-0.39, 0.29) is 4.90 Å². The average molecular weight is 239 g/mol. The van der Waals surface area contributed by atoms with Gasteiger partial charge in [0.05, 0.1) is 11.4 Å². The highest BCUT2D eigenvalue weighted by Crippen LogP contribution is 2.09. The van der Waals surface area contributed by atoms with Crippen molar-refractivity contribution >= 4 is 10.0 Å². The maximum absolute atomic E-state index is 12.5. The molecule has 0 fully saturated rings. The molecule has 0 atom stereocenters. The van der Waals surface area contributed by atoms with Gasteiger partial charge in [0, 0.05) is 0 Å². The third-order valence-electron chi connectivity index (χ3n) is 1.55. The van der Waals surface area contributed by atoms with E-state index in [2.05, 4.69) is 0 Å². The van der Waals surface area contributed by atoms with E-state index in [0.717, 1.165) is 24.3 Å². The van der Waals surface area contributed by atoms with Crippen LogP contribution in [-0.4, -0.2) is 21.4 Å². The predicted molar refractivity (Wildman–Crippen MR) is 47.6 cm³/mol. The number of nitrogens with one attached hydrogen (secondary N) is 1. The van der Waals surface area contributed by atoms with Crippen molar-refractivity contribution in [2.24, 2.45) is 0 Å². The quantitative estimate of drug-likeness (QED) is 0.862. The van der Waals surface area contributed by atoms with Crippen LogP contribution in [0.25, 0.3) is 0 Å². The Morgan fingerprint density at radius 3 is 2.20 bits per heavy atom. The summed E-state index contributed by atoms with van der Waals surface area (Å²) in [7, 11) is -3.97. The molecule has 0 saturated carbocycles. The van der Waals surface area contributed by atoms with Gasteiger partial charge < -0.3 is 0 Å². The highest BCUT2D eigenvalue weighted by Gasteiger charge is 2.15. The number of alkyl halides is 2. The van der Waals surface area contributed by atoms with E-state index in [4.69, 9.17) is 0 Å². The van der Waals surface area contributed by atoms with Gasteiger partial charge >= 0.3 is 0 Å². The molecule has 1 aromatic rings. The summed E-state index contributed by atoms with van der Waals surface area (Å²) >= 11 is 0. The molecule has 0 aliphatic heterocycles. The lowest BCUT2D eigenvalue weighted by Gasteiger charge is -2.05. The molecule has 0 spiro atoms. The Kier molecular flexibility index (Phi) is 3.70. The van der Waals surface area contributed by atoms with Crippen LogP contribution in [0.1, 0.15) is 0 Å². The Balaban J connectivity index is 2.82. The Morgan fingerprint density at radius 1 is 1.20 bits per heavy atom. The summed E-state index contributed by atoms with van der Waals surface area (Å²) in [4.78, 5) is -0.246. The highest BCUT2D eigenvalue weighted by molar-refractivity contribution is 7.89. The van der Waals surface area contributed by atoms with Crippen molar-refractivity contribution in [3.63, 3.8) is 0 Å². The van der Waals surface area contributed by atoms with Crippen molar-refractivity contribution in [3.05, 3.63) is 30.1 Å². The van der Waals surface area contributed by atoms with E-state index >= 15 is 0 Å². The Bertz CT molecular complexity index is 416. The van der Waals surface area contributed by atoms with Crippen LogP contribution in [0.4, 0.5) is 13.2 Å². The zero-order chi connectivity index (χ0) is 11.5. The number of hydrogen-bond donors (Lipinski definition) is 1. The van der Waals surface area contributed by atoms with Crippen LogP contribution < -0.4 is 4.72 Å². The highest BCUT2D eigenvalue weighted by atomic mass is 32.2. The first-order valence-corrected chi connectivity index (χ1v) is 5.43. The molecule has 0 amide bonds. The second-order valence-electron chi connectivity index (χ2n) is 2.70. The number of hydrogen-bond acceptors (Lipinski definition) is 2. The van der Waals surface area contributed by atoms with Gasteiger partial charge in [-0.2, -0.15) is 0 Å². The fraction of sp³-hybridized carbons (Fsp3) is 0.250. The molecular weight excluding hydrogens is 231 g/mol. The van der Waals surface area contributed by atoms with Crippen molar-refractivity contribution in [2.45, 2.75) is 11.3 Å². The Hall–Kier alpha value is -1.08. The zero-order valence-corrected chi connectivity index (χ0v) is 8.27. The molecule has 0 bridgehead atoms. The van der Waals surface area contributed by atoms with Crippen LogP contribution in [0, 0.1) is 5.82 Å². The van der Waals surface area contributed by atoms with Gasteiger partial charge in [-0.3, -0.25) is 0 Å². The zero-order valence-electron chi connectivity index (χ0n) is 7.45. The summed E-state index contributed by atoms with van der Waals surface area (Å²) in [6.45, 7) is -0.959. The van der Waals surface area contributed by atoms with E-state index in [1.165, 1.54) is 0 Å². The smallest absolute Gasteiger partial charge is 0.209 e. The first-order valence-electron chi connectivity index (χ1n) is 3.95. The van der Waals surface area contributed by atoms with E-state index in [1.807, 2.05) is 0 Å². The second-order valence-corrected chi connectivity index (χ2v) is 4.46. The molecule has 84 valence electrons. The number of rotatable bonds is 4. The standard InChI is InChI=1S/C8H8F3NO2S/c9-6-1-3-7(4-2-6)15(13,14)12-5-8(10)11/h1-4,8,12H,5H2. The summed E-state index contributed by atoms with van der Waals surface area (Å²) in [6, 6.07) is 3.89. The predicted octanol–water partition coefficient (Wildman–Crippen LogP) is 1.37. The van der Waals surface area contributed by atoms with Crippen LogP contribution in [-0.2, 0) is 10.0 Å². The summed E-state index contributed by atoms with van der Waals surface area (Å²) in [5, 5.41) is 0. The third-order valence-corrected chi connectivity index (χ3v) is 2.99. The van der Waals surface area contributed by atoms with Gasteiger partial charge in [0.2, 0.25) is 10.0 Å². The van der Waals surface area contributed by atoms with E-state index < -0.39 is 28.8 Å². The lowest BCUT2D eigenvalue weighted by molar-refractivity contribution is 0.153. The minimum Gasteiger partial charge on any atom is -0.209 e. The maximum Gasteiger partial charge on any atom is 0.251 e. The molecule has 0 radical (unpaired) electrons. The average Bonchev–Trinajstić information content (AvgIpc) is 2.16. The van der Waals surface area contributed by atoms with Crippen molar-refractivity contribution in [3.8, 4) is 0 Å². The summed E-state index contributed by atoms with van der Waals surface area (Å²) in [5.74, 6) is -0.595. The maximum atomic E-state index is 12.5. The van der Waals surface area contributed by atoms with Crippen molar-refractivity contribution in [1.82, 2.24) is 4.72 Å². The normalized spacial score (nSPS) is 12.0. The van der Waals surface area contributed by atoms with Gasteiger partial charge in [-0.05, 0) is 24.3 Å². The number of benzene rings is 1. The molecule has 1 aromatic carbocycles. The molecule has 15 heavy (non-hydrogen) atoms. The minimum atomic E-state index is -3.97. The minimum absolute atomic E-state index is 0.246. The van der Waals surface area contributed by atoms with Gasteiger partial charge in [0.25, 0.3) is 6.43 Å². The monoisotopic (exact) mass is 239 g/mol. The summed E-state index contributed by atoms with van der Waals surface area (Å²) < 4.78 is 60.2. The fourth-order valence-electron chi connectivity index (χ4n) is 0.870. The molecule has 7 heteroatoms. The molecule has 1 N–H and O–H groups in total. The molecule has 0 aromatic heterocycles. The first-order chi connectivity index (χ1) is 6.92. The molecule has 3 nitrogen and oxygen atoms in total. The van der Waals surface area contributed by atoms with Crippen molar-refractivity contribution in [1.29, 1.82) is 0 Å². The fourth-order valence-corrected chi connectivity index (χ4v) is 1.88. The third kappa shape index (κ3) is 3.52. The lowest BCUT2D eigenvalue weighted by atomic mass is 10.4. The van der Waals surface area contributed by atoms with Gasteiger partial charge in [0.1, 0.15) is 5.82 Å². The van der Waals surface area contributed by atoms with Crippen molar-refractivity contribution in [2.75, 3.05) is 6.54 Å².